The fraction of sp³-hybridized carbons (Fsp3) is 0.115. The topological polar surface area (TPSA) is 64.4 Å². The highest BCUT2D eigenvalue weighted by Gasteiger charge is 2.30. The number of para-hydroxylation sites is 1. The molecule has 0 aliphatic carbocycles. The maximum Gasteiger partial charge on any atom is 0.266 e. The van der Waals surface area contributed by atoms with Gasteiger partial charge in [0, 0.05) is 12.6 Å². The van der Waals surface area contributed by atoms with Crippen molar-refractivity contribution in [2.45, 2.75) is 6.92 Å². The Kier molecular flexibility index (Phi) is 4.63. The molecule has 32 heavy (non-hydrogen) atoms. The van der Waals surface area contributed by atoms with Gasteiger partial charge in [0.15, 0.2) is 0 Å². The molecule has 0 spiro atoms. The number of fused-ring (bicyclic) bond motifs is 2. The third-order valence-electron chi connectivity index (χ3n) is 5.74. The zero-order valence-corrected chi connectivity index (χ0v) is 18.0. The van der Waals surface area contributed by atoms with E-state index in [0.717, 1.165) is 16.8 Å². The maximum atomic E-state index is 13.5. The predicted octanol–water partition coefficient (Wildman–Crippen LogP) is 4.22. The molecule has 1 aliphatic heterocycles. The number of rotatable bonds is 3. The third-order valence-corrected chi connectivity index (χ3v) is 5.74. The van der Waals surface area contributed by atoms with Gasteiger partial charge >= 0.3 is 0 Å². The first-order chi connectivity index (χ1) is 15.5. The van der Waals surface area contributed by atoms with Gasteiger partial charge in [0.25, 0.3) is 11.5 Å². The molecule has 0 bridgehead atoms. The molecular weight excluding hydrogens is 402 g/mol. The highest BCUT2D eigenvalue weighted by atomic mass is 16.5. The van der Waals surface area contributed by atoms with Crippen molar-refractivity contribution in [3.05, 3.63) is 94.0 Å². The van der Waals surface area contributed by atoms with Gasteiger partial charge in [0.05, 0.1) is 35.0 Å². The molecular formula is C26H21N3O3. The lowest BCUT2D eigenvalue weighted by atomic mass is 10.0. The highest BCUT2D eigenvalue weighted by molar-refractivity contribution is 6.35. The van der Waals surface area contributed by atoms with Crippen LogP contribution < -0.4 is 15.2 Å². The number of carbonyl (C=O) groups is 1. The van der Waals surface area contributed by atoms with Crippen LogP contribution >= 0.6 is 0 Å². The number of anilines is 1. The van der Waals surface area contributed by atoms with Crippen LogP contribution in [-0.4, -0.2) is 29.6 Å². The van der Waals surface area contributed by atoms with Crippen molar-refractivity contribution in [3.63, 3.8) is 0 Å². The lowest BCUT2D eigenvalue weighted by Gasteiger charge is -2.13. The Hall–Kier alpha value is -4.19. The second-order valence-electron chi connectivity index (χ2n) is 7.77. The van der Waals surface area contributed by atoms with E-state index in [1.165, 1.54) is 4.57 Å². The molecule has 0 atom stereocenters. The quantitative estimate of drug-likeness (QED) is 0.463. The number of carbonyl (C=O) groups excluding carboxylic acids is 1. The smallest absolute Gasteiger partial charge is 0.266 e. The van der Waals surface area contributed by atoms with Crippen molar-refractivity contribution >= 4 is 34.1 Å². The summed E-state index contributed by atoms with van der Waals surface area (Å²) in [4.78, 5) is 33.0. The molecule has 158 valence electrons. The van der Waals surface area contributed by atoms with Crippen LogP contribution in [-0.2, 0) is 4.79 Å². The summed E-state index contributed by atoms with van der Waals surface area (Å²) in [5.41, 5.74) is 4.26. The summed E-state index contributed by atoms with van der Waals surface area (Å²) in [5.74, 6) is 0.951. The van der Waals surface area contributed by atoms with Crippen molar-refractivity contribution in [1.82, 2.24) is 9.55 Å². The van der Waals surface area contributed by atoms with E-state index < -0.39 is 0 Å². The van der Waals surface area contributed by atoms with Gasteiger partial charge in [0.1, 0.15) is 11.6 Å². The fourth-order valence-corrected chi connectivity index (χ4v) is 4.06. The average Bonchev–Trinajstić information content (AvgIpc) is 3.03. The first-order valence-corrected chi connectivity index (χ1v) is 10.2. The Bertz CT molecular complexity index is 1470. The Morgan fingerprint density at radius 3 is 2.47 bits per heavy atom. The van der Waals surface area contributed by atoms with Crippen LogP contribution in [0.4, 0.5) is 5.69 Å². The zero-order valence-electron chi connectivity index (χ0n) is 18.0. The van der Waals surface area contributed by atoms with Crippen LogP contribution in [0.5, 0.6) is 5.75 Å². The lowest BCUT2D eigenvalue weighted by Crippen LogP contribution is -2.23. The maximum absolute atomic E-state index is 13.5. The lowest BCUT2D eigenvalue weighted by molar-refractivity contribution is -0.112. The monoisotopic (exact) mass is 423 g/mol. The molecule has 0 saturated heterocycles. The number of nitrogens with zero attached hydrogens (tertiary/aromatic N) is 3. The molecule has 5 rings (SSSR count). The van der Waals surface area contributed by atoms with E-state index in [2.05, 4.69) is 0 Å². The summed E-state index contributed by atoms with van der Waals surface area (Å²) in [5, 5.41) is 0.511. The van der Waals surface area contributed by atoms with Gasteiger partial charge in [-0.1, -0.05) is 23.8 Å². The number of ether oxygens (including phenoxy) is 1. The van der Waals surface area contributed by atoms with Gasteiger partial charge in [-0.15, -0.1) is 0 Å². The Morgan fingerprint density at radius 1 is 0.969 bits per heavy atom. The molecule has 6 heteroatoms. The second kappa shape index (κ2) is 7.50. The largest absolute Gasteiger partial charge is 0.497 e. The summed E-state index contributed by atoms with van der Waals surface area (Å²) < 4.78 is 6.79. The zero-order chi connectivity index (χ0) is 22.4. The molecule has 1 aromatic heterocycles. The van der Waals surface area contributed by atoms with E-state index in [-0.39, 0.29) is 11.5 Å². The van der Waals surface area contributed by atoms with Crippen molar-refractivity contribution in [3.8, 4) is 11.4 Å². The molecule has 6 nitrogen and oxygen atoms in total. The highest BCUT2D eigenvalue weighted by Crippen LogP contribution is 2.37. The number of likely N-dealkylation sites (N-methyl/N-ethyl adjacent to an activating group) is 1. The minimum atomic E-state index is -0.198. The van der Waals surface area contributed by atoms with Gasteiger partial charge in [-0.3, -0.25) is 14.2 Å². The molecule has 0 saturated carbocycles. The van der Waals surface area contributed by atoms with E-state index >= 15 is 0 Å². The summed E-state index contributed by atoms with van der Waals surface area (Å²) >= 11 is 0. The summed E-state index contributed by atoms with van der Waals surface area (Å²) in [6.07, 6.45) is 1.71. The first-order valence-electron chi connectivity index (χ1n) is 10.2. The third kappa shape index (κ3) is 3.08. The minimum absolute atomic E-state index is 0.130. The molecule has 1 aliphatic rings. The Morgan fingerprint density at radius 2 is 1.72 bits per heavy atom. The van der Waals surface area contributed by atoms with E-state index in [0.29, 0.717) is 33.7 Å². The predicted molar refractivity (Wildman–Crippen MR) is 126 cm³/mol. The molecule has 2 heterocycles. The van der Waals surface area contributed by atoms with Gasteiger partial charge in [-0.2, -0.15) is 0 Å². The molecule has 3 aromatic carbocycles. The number of hydrogen-bond acceptors (Lipinski definition) is 4. The molecule has 0 N–H and O–H groups in total. The van der Waals surface area contributed by atoms with Crippen LogP contribution in [0.1, 0.15) is 17.0 Å². The molecule has 0 radical (unpaired) electrons. The number of aryl methyl sites for hydroxylation is 1. The second-order valence-corrected chi connectivity index (χ2v) is 7.77. The SMILES string of the molecule is COc1ccc(-n2c(/C=C3/C(=O)N(C)c4ccc(C)cc43)nc3ccccc3c2=O)cc1. The standard InChI is InChI=1S/C26H21N3O3/c1-16-8-13-23-20(14-16)21(25(30)28(23)2)15-24-27-22-7-5-4-6-19(22)26(31)29(24)17-9-11-18(32-3)12-10-17/h4-15H,1-3H3/b21-15+. The van der Waals surface area contributed by atoms with Gasteiger partial charge in [-0.25, -0.2) is 4.98 Å². The molecule has 4 aromatic rings. The van der Waals surface area contributed by atoms with E-state index in [9.17, 15) is 9.59 Å². The summed E-state index contributed by atoms with van der Waals surface area (Å²) in [7, 11) is 3.35. The summed E-state index contributed by atoms with van der Waals surface area (Å²) in [6, 6.07) is 20.3. The normalized spacial score (nSPS) is 14.3. The molecule has 0 unspecified atom stereocenters. The minimum Gasteiger partial charge on any atom is -0.497 e. The van der Waals surface area contributed by atoms with Crippen molar-refractivity contribution in [1.29, 1.82) is 0 Å². The molecule has 0 fully saturated rings. The number of amides is 1. The van der Waals surface area contributed by atoms with Crippen LogP contribution in [0.3, 0.4) is 0 Å². The van der Waals surface area contributed by atoms with E-state index in [1.807, 2.05) is 37.3 Å². The Balaban J connectivity index is 1.80. The van der Waals surface area contributed by atoms with E-state index in [4.69, 9.17) is 9.72 Å². The van der Waals surface area contributed by atoms with Crippen LogP contribution in [0.15, 0.2) is 71.5 Å². The van der Waals surface area contributed by atoms with Crippen molar-refractivity contribution in [2.24, 2.45) is 0 Å². The van der Waals surface area contributed by atoms with Crippen molar-refractivity contribution in [2.75, 3.05) is 19.1 Å². The van der Waals surface area contributed by atoms with Crippen molar-refractivity contribution < 1.29 is 9.53 Å². The van der Waals surface area contributed by atoms with Crippen LogP contribution in [0.2, 0.25) is 0 Å². The Labute approximate surface area is 185 Å². The number of aromatic nitrogens is 2. The van der Waals surface area contributed by atoms with Gasteiger partial charge in [0.2, 0.25) is 0 Å². The van der Waals surface area contributed by atoms with Crippen LogP contribution in [0, 0.1) is 6.92 Å². The molecule has 1 amide bonds. The average molecular weight is 423 g/mol. The van der Waals surface area contributed by atoms with E-state index in [1.54, 1.807) is 61.5 Å². The number of benzene rings is 3. The van der Waals surface area contributed by atoms with Gasteiger partial charge < -0.3 is 9.64 Å². The fourth-order valence-electron chi connectivity index (χ4n) is 4.06. The summed E-state index contributed by atoms with van der Waals surface area (Å²) in [6.45, 7) is 1.99. The number of hydrogen-bond donors (Lipinski definition) is 0. The van der Waals surface area contributed by atoms with Crippen LogP contribution in [0.25, 0.3) is 28.2 Å². The van der Waals surface area contributed by atoms with Gasteiger partial charge in [-0.05, 0) is 61.5 Å². The number of methoxy groups -OCH3 is 1. The first kappa shape index (κ1) is 19.8.